The lowest BCUT2D eigenvalue weighted by atomic mass is 10.2. The molecule has 0 saturated heterocycles. The lowest BCUT2D eigenvalue weighted by Crippen LogP contribution is -2.34. The fourth-order valence-electron chi connectivity index (χ4n) is 2.05. The zero-order valence-corrected chi connectivity index (χ0v) is 16.9. The van der Waals surface area contributed by atoms with Gasteiger partial charge in [-0.1, -0.05) is 0 Å². The largest absolute Gasteiger partial charge is 0.490 e. The van der Waals surface area contributed by atoms with Crippen LogP contribution in [0.3, 0.4) is 0 Å². The van der Waals surface area contributed by atoms with E-state index in [2.05, 4.69) is 26.6 Å². The van der Waals surface area contributed by atoms with E-state index in [1.165, 1.54) is 12.1 Å². The zero-order valence-electron chi connectivity index (χ0n) is 14.5. The Labute approximate surface area is 173 Å². The number of non-ortho nitro benzene ring substituents is 1. The first-order valence-electron chi connectivity index (χ1n) is 7.79. The van der Waals surface area contributed by atoms with Crippen LogP contribution in [-0.2, 0) is 4.74 Å². The number of nitro groups is 1. The number of nitro benzene ring substituents is 1. The van der Waals surface area contributed by atoms with Crippen LogP contribution in [-0.4, -0.2) is 36.3 Å². The Kier molecular flexibility index (Phi) is 7.79. The van der Waals surface area contributed by atoms with Gasteiger partial charge in [0.1, 0.15) is 18.2 Å². The highest BCUT2D eigenvalue weighted by atomic mass is 79.9. The summed E-state index contributed by atoms with van der Waals surface area (Å²) in [5, 5.41) is 15.4. The number of nitrogens with zero attached hydrogens (tertiary/aromatic N) is 1. The van der Waals surface area contributed by atoms with Crippen LogP contribution in [0.15, 0.2) is 40.9 Å². The molecular weight excluding hydrogens is 457 g/mol. The van der Waals surface area contributed by atoms with Crippen LogP contribution in [0, 0.1) is 15.9 Å². The third kappa shape index (κ3) is 5.94. The molecule has 0 spiro atoms. The Hall–Kier alpha value is -2.63. The second-order valence-corrected chi connectivity index (χ2v) is 6.58. The van der Waals surface area contributed by atoms with Gasteiger partial charge >= 0.3 is 0 Å². The van der Waals surface area contributed by atoms with Crippen molar-refractivity contribution in [2.45, 2.75) is 0 Å². The van der Waals surface area contributed by atoms with E-state index in [0.717, 1.165) is 18.2 Å². The minimum Gasteiger partial charge on any atom is -0.490 e. The monoisotopic (exact) mass is 471 g/mol. The van der Waals surface area contributed by atoms with Gasteiger partial charge in [0.25, 0.3) is 11.6 Å². The maximum atomic E-state index is 13.8. The number of amides is 1. The molecule has 0 fully saturated rings. The summed E-state index contributed by atoms with van der Waals surface area (Å²) in [5.74, 6) is -0.761. The molecule has 11 heteroatoms. The number of carbonyl (C=O) groups excluding carboxylic acids is 1. The van der Waals surface area contributed by atoms with Crippen LogP contribution in [0.25, 0.3) is 0 Å². The number of carbonyl (C=O) groups is 1. The van der Waals surface area contributed by atoms with Crippen molar-refractivity contribution >= 4 is 50.5 Å². The zero-order chi connectivity index (χ0) is 20.7. The number of nitrogens with one attached hydrogen (secondary N) is 2. The van der Waals surface area contributed by atoms with Gasteiger partial charge in [-0.2, -0.15) is 0 Å². The lowest BCUT2D eigenvalue weighted by Gasteiger charge is -2.12. The summed E-state index contributed by atoms with van der Waals surface area (Å²) in [6.07, 6.45) is 0. The Balaban J connectivity index is 2.02. The Morgan fingerprint density at radius 3 is 2.68 bits per heavy atom. The number of halogens is 2. The van der Waals surface area contributed by atoms with Gasteiger partial charge in [0.15, 0.2) is 5.11 Å². The number of benzene rings is 2. The number of hydrogen-bond donors (Lipinski definition) is 2. The molecule has 2 rings (SSSR count). The van der Waals surface area contributed by atoms with Crippen molar-refractivity contribution in [3.8, 4) is 5.75 Å². The first kappa shape index (κ1) is 21.7. The maximum Gasteiger partial charge on any atom is 0.271 e. The molecule has 148 valence electrons. The molecule has 0 aliphatic carbocycles. The van der Waals surface area contributed by atoms with Gasteiger partial charge in [0, 0.05) is 24.8 Å². The van der Waals surface area contributed by atoms with E-state index in [1.54, 1.807) is 13.2 Å². The van der Waals surface area contributed by atoms with Crippen LogP contribution in [0.2, 0.25) is 0 Å². The van der Waals surface area contributed by atoms with Crippen molar-refractivity contribution in [1.82, 2.24) is 5.32 Å². The molecule has 8 nitrogen and oxygen atoms in total. The lowest BCUT2D eigenvalue weighted by molar-refractivity contribution is -0.384. The molecule has 0 aliphatic rings. The summed E-state index contributed by atoms with van der Waals surface area (Å²) >= 11 is 8.29. The molecular formula is C17H15BrFN3O5S. The van der Waals surface area contributed by atoms with Gasteiger partial charge in [0.05, 0.1) is 21.7 Å². The molecule has 0 radical (unpaired) electrons. The van der Waals surface area contributed by atoms with Crippen LogP contribution >= 0.6 is 28.1 Å². The normalized spacial score (nSPS) is 10.2. The third-order valence-corrected chi connectivity index (χ3v) is 4.20. The number of hydrogen-bond acceptors (Lipinski definition) is 6. The van der Waals surface area contributed by atoms with Crippen LogP contribution in [0.1, 0.15) is 10.4 Å². The highest BCUT2D eigenvalue weighted by Crippen LogP contribution is 2.26. The predicted molar refractivity (Wildman–Crippen MR) is 108 cm³/mol. The average molecular weight is 472 g/mol. The molecule has 0 atom stereocenters. The number of ether oxygens (including phenoxy) is 2. The fraction of sp³-hybridized carbons (Fsp3) is 0.176. The van der Waals surface area contributed by atoms with Crippen molar-refractivity contribution in [2.75, 3.05) is 25.6 Å². The van der Waals surface area contributed by atoms with Crippen LogP contribution in [0.5, 0.6) is 5.75 Å². The van der Waals surface area contributed by atoms with Gasteiger partial charge in [0.2, 0.25) is 0 Å². The summed E-state index contributed by atoms with van der Waals surface area (Å²) < 4.78 is 24.7. The van der Waals surface area contributed by atoms with Crippen molar-refractivity contribution in [3.63, 3.8) is 0 Å². The molecule has 0 aromatic heterocycles. The summed E-state index contributed by atoms with van der Waals surface area (Å²) in [5.41, 5.74) is -0.261. The van der Waals surface area contributed by atoms with Crippen LogP contribution < -0.4 is 15.4 Å². The number of rotatable bonds is 7. The van der Waals surface area contributed by atoms with E-state index < -0.39 is 16.6 Å². The fourth-order valence-corrected chi connectivity index (χ4v) is 2.74. The van der Waals surface area contributed by atoms with E-state index in [9.17, 15) is 19.3 Å². The highest BCUT2D eigenvalue weighted by Gasteiger charge is 2.14. The van der Waals surface area contributed by atoms with Crippen molar-refractivity contribution < 1.29 is 23.6 Å². The molecule has 2 aromatic rings. The Bertz CT molecular complexity index is 912. The van der Waals surface area contributed by atoms with Crippen LogP contribution in [0.4, 0.5) is 15.8 Å². The Morgan fingerprint density at radius 1 is 1.29 bits per heavy atom. The predicted octanol–water partition coefficient (Wildman–Crippen LogP) is 3.65. The van der Waals surface area contributed by atoms with Gasteiger partial charge in [-0.3, -0.25) is 20.2 Å². The van der Waals surface area contributed by atoms with E-state index in [0.29, 0.717) is 23.4 Å². The van der Waals surface area contributed by atoms with Crippen molar-refractivity contribution in [3.05, 3.63) is 62.4 Å². The van der Waals surface area contributed by atoms with E-state index in [-0.39, 0.29) is 22.1 Å². The molecule has 2 aromatic carbocycles. The standard InChI is InChI=1S/C17H15BrFN3O5S/c1-26-6-7-27-15-5-2-10(8-12(15)18)16(23)21-17(28)20-14-9-11(22(24)25)3-4-13(14)19/h2-5,8-9H,6-7H2,1H3,(H2,20,21,23,28). The smallest absolute Gasteiger partial charge is 0.271 e. The second kappa shape index (κ2) is 10.1. The van der Waals surface area contributed by atoms with E-state index >= 15 is 0 Å². The summed E-state index contributed by atoms with van der Waals surface area (Å²) in [4.78, 5) is 22.4. The highest BCUT2D eigenvalue weighted by molar-refractivity contribution is 9.10. The summed E-state index contributed by atoms with van der Waals surface area (Å²) in [6.45, 7) is 0.770. The molecule has 28 heavy (non-hydrogen) atoms. The van der Waals surface area contributed by atoms with Gasteiger partial charge in [-0.15, -0.1) is 0 Å². The number of methoxy groups -OCH3 is 1. The molecule has 0 heterocycles. The van der Waals surface area contributed by atoms with Crippen molar-refractivity contribution in [1.29, 1.82) is 0 Å². The molecule has 2 N–H and O–H groups in total. The SMILES string of the molecule is COCCOc1ccc(C(=O)NC(=S)Nc2cc([N+](=O)[O-])ccc2F)cc1Br. The molecule has 0 unspecified atom stereocenters. The topological polar surface area (TPSA) is 103 Å². The first-order valence-corrected chi connectivity index (χ1v) is 8.99. The molecule has 0 bridgehead atoms. The summed E-state index contributed by atoms with van der Waals surface area (Å²) in [7, 11) is 1.56. The quantitative estimate of drug-likeness (QED) is 0.275. The molecule has 0 saturated carbocycles. The average Bonchev–Trinajstić information content (AvgIpc) is 2.64. The second-order valence-electron chi connectivity index (χ2n) is 5.32. The summed E-state index contributed by atoms with van der Waals surface area (Å²) in [6, 6.07) is 7.61. The van der Waals surface area contributed by atoms with Gasteiger partial charge < -0.3 is 14.8 Å². The minimum absolute atomic E-state index is 0.207. The molecule has 0 aliphatic heterocycles. The Morgan fingerprint density at radius 2 is 2.04 bits per heavy atom. The van der Waals surface area contributed by atoms with E-state index in [4.69, 9.17) is 21.7 Å². The van der Waals surface area contributed by atoms with E-state index in [1.807, 2.05) is 0 Å². The number of anilines is 1. The van der Waals surface area contributed by atoms with Crippen molar-refractivity contribution in [2.24, 2.45) is 0 Å². The minimum atomic E-state index is -0.748. The van der Waals surface area contributed by atoms with Gasteiger partial charge in [-0.05, 0) is 52.4 Å². The number of thiocarbonyl (C=S) groups is 1. The molecule has 1 amide bonds. The maximum absolute atomic E-state index is 13.8. The first-order chi connectivity index (χ1) is 13.3. The third-order valence-electron chi connectivity index (χ3n) is 3.38. The van der Waals surface area contributed by atoms with Gasteiger partial charge in [-0.25, -0.2) is 4.39 Å².